The number of hydrogen-bond donors (Lipinski definition) is 10. The molecule has 3 saturated heterocycles. The number of aliphatic hydroxyl groups is 10. The molecule has 0 amide bonds. The summed E-state index contributed by atoms with van der Waals surface area (Å²) in [6.45, 7) is 1.48. The molecule has 3 fully saturated rings. The summed E-state index contributed by atoms with van der Waals surface area (Å²) in [7, 11) is 0. The zero-order valence-electron chi connectivity index (χ0n) is 35.2. The molecule has 65 heavy (non-hydrogen) atoms. The van der Waals surface area contributed by atoms with Crippen molar-refractivity contribution in [3.8, 4) is 11.5 Å². The maximum Gasteiger partial charge on any atom is 0.336 e. The van der Waals surface area contributed by atoms with Gasteiger partial charge in [-0.25, -0.2) is 9.59 Å². The van der Waals surface area contributed by atoms with Gasteiger partial charge in [-0.3, -0.25) is 0 Å². The number of fused-ring (bicyclic) bond motifs is 2. The molecule has 0 saturated carbocycles. The van der Waals surface area contributed by atoms with Gasteiger partial charge in [-0.1, -0.05) is 30.7 Å². The SMILES string of the molecule is CC1=C[C@H](c2cc3ccc(=O)oc3cc2O[C@@H]2O[C@H](CO[C@@H]3OC[C@](O)(CO)[C@H]3O)[C@@H](O)[C@H](O)[C@H]2O)[C@](C)(/C=C/c2cc3ccc(=O)oc3cc2O[C@@H]2O[C@H](CO)[C@@H](O)[C@H](O)[C@H]2O)CC1. The lowest BCUT2D eigenvalue weighted by Crippen LogP contribution is -2.60. The van der Waals surface area contributed by atoms with Crippen LogP contribution in [-0.4, -0.2) is 157 Å². The molecule has 5 heterocycles. The summed E-state index contributed by atoms with van der Waals surface area (Å²) < 4.78 is 45.9. The van der Waals surface area contributed by atoms with Crippen LogP contribution >= 0.6 is 0 Å². The third kappa shape index (κ3) is 9.25. The Morgan fingerprint density at radius 3 is 1.94 bits per heavy atom. The Bertz CT molecular complexity index is 2530. The molecule has 2 aromatic carbocycles. The van der Waals surface area contributed by atoms with E-state index in [4.69, 9.17) is 37.3 Å². The molecule has 352 valence electrons. The summed E-state index contributed by atoms with van der Waals surface area (Å²) in [6.07, 6.45) is -12.5. The predicted octanol–water partition coefficient (Wildman–Crippen LogP) is -0.735. The first-order valence-corrected chi connectivity index (χ1v) is 21.0. The van der Waals surface area contributed by atoms with Crippen LogP contribution in [0.2, 0.25) is 0 Å². The molecule has 0 bridgehead atoms. The van der Waals surface area contributed by atoms with Crippen LogP contribution in [0, 0.1) is 5.41 Å². The van der Waals surface area contributed by atoms with E-state index < -0.39 is 128 Å². The highest BCUT2D eigenvalue weighted by Gasteiger charge is 2.51. The Morgan fingerprint density at radius 2 is 1.32 bits per heavy atom. The Balaban J connectivity index is 1.14. The van der Waals surface area contributed by atoms with Gasteiger partial charge >= 0.3 is 11.3 Å². The Morgan fingerprint density at radius 1 is 0.738 bits per heavy atom. The van der Waals surface area contributed by atoms with E-state index in [2.05, 4.69) is 0 Å². The van der Waals surface area contributed by atoms with Crippen molar-refractivity contribution >= 4 is 28.0 Å². The summed E-state index contributed by atoms with van der Waals surface area (Å²) in [4.78, 5) is 24.6. The van der Waals surface area contributed by atoms with Gasteiger partial charge in [0, 0.05) is 52.1 Å². The van der Waals surface area contributed by atoms with Crippen molar-refractivity contribution in [1.82, 2.24) is 0 Å². The fourth-order valence-electron chi connectivity index (χ4n) is 8.59. The first-order chi connectivity index (χ1) is 30.9. The van der Waals surface area contributed by atoms with E-state index in [0.29, 0.717) is 34.7 Å². The van der Waals surface area contributed by atoms with Crippen LogP contribution < -0.4 is 20.7 Å². The van der Waals surface area contributed by atoms with Gasteiger partial charge in [0.2, 0.25) is 12.6 Å². The van der Waals surface area contributed by atoms with Crippen molar-refractivity contribution in [3.05, 3.63) is 98.2 Å². The lowest BCUT2D eigenvalue weighted by Gasteiger charge is -2.42. The second-order valence-electron chi connectivity index (χ2n) is 17.4. The van der Waals surface area contributed by atoms with Crippen LogP contribution in [0.1, 0.15) is 43.7 Å². The quantitative estimate of drug-likeness (QED) is 0.0618. The third-order valence-corrected chi connectivity index (χ3v) is 12.7. The van der Waals surface area contributed by atoms with Crippen LogP contribution in [0.5, 0.6) is 11.5 Å². The number of benzene rings is 2. The van der Waals surface area contributed by atoms with Crippen LogP contribution in [0.15, 0.2) is 84.7 Å². The molecule has 15 atom stereocenters. The molecular formula is C45H52O20. The van der Waals surface area contributed by atoms with Crippen molar-refractivity contribution in [2.75, 3.05) is 26.4 Å². The van der Waals surface area contributed by atoms with Crippen molar-refractivity contribution < 1.29 is 88.3 Å². The van der Waals surface area contributed by atoms with Gasteiger partial charge in [-0.2, -0.15) is 0 Å². The van der Waals surface area contributed by atoms with Gasteiger partial charge < -0.3 is 88.3 Å². The number of allylic oxidation sites excluding steroid dienone is 3. The molecule has 2 aromatic heterocycles. The summed E-state index contributed by atoms with van der Waals surface area (Å²) >= 11 is 0. The fraction of sp³-hybridized carbons (Fsp3) is 0.511. The van der Waals surface area contributed by atoms with Crippen molar-refractivity contribution in [1.29, 1.82) is 0 Å². The van der Waals surface area contributed by atoms with Gasteiger partial charge in [0.15, 0.2) is 6.29 Å². The first-order valence-electron chi connectivity index (χ1n) is 21.0. The Kier molecular flexibility index (Phi) is 13.4. The van der Waals surface area contributed by atoms with Crippen LogP contribution in [0.3, 0.4) is 0 Å². The van der Waals surface area contributed by atoms with Crippen molar-refractivity contribution in [2.45, 2.75) is 112 Å². The second kappa shape index (κ2) is 18.6. The minimum absolute atomic E-state index is 0.0562. The van der Waals surface area contributed by atoms with E-state index in [1.165, 1.54) is 24.3 Å². The smallest absolute Gasteiger partial charge is 0.336 e. The molecule has 4 aliphatic rings. The molecule has 20 nitrogen and oxygen atoms in total. The molecule has 1 aliphatic carbocycles. The van der Waals surface area contributed by atoms with E-state index in [0.717, 1.165) is 5.57 Å². The van der Waals surface area contributed by atoms with Crippen LogP contribution in [0.4, 0.5) is 0 Å². The Labute approximate surface area is 369 Å². The van der Waals surface area contributed by atoms with Gasteiger partial charge in [-0.15, -0.1) is 0 Å². The van der Waals surface area contributed by atoms with Crippen molar-refractivity contribution in [2.24, 2.45) is 5.41 Å². The largest absolute Gasteiger partial charge is 0.462 e. The third-order valence-electron chi connectivity index (χ3n) is 12.7. The van der Waals surface area contributed by atoms with Gasteiger partial charge in [0.1, 0.15) is 83.2 Å². The van der Waals surface area contributed by atoms with Crippen molar-refractivity contribution in [3.63, 3.8) is 0 Å². The topological polar surface area (TPSA) is 318 Å². The number of rotatable bonds is 12. The molecule has 0 radical (unpaired) electrons. The zero-order chi connectivity index (χ0) is 46.5. The second-order valence-corrected chi connectivity index (χ2v) is 17.4. The molecule has 4 aromatic rings. The molecule has 8 rings (SSSR count). The van der Waals surface area contributed by atoms with Gasteiger partial charge in [0.25, 0.3) is 0 Å². The summed E-state index contributed by atoms with van der Waals surface area (Å²) in [5, 5.41) is 106. The van der Waals surface area contributed by atoms with E-state index in [1.807, 2.05) is 26.0 Å². The molecular weight excluding hydrogens is 860 g/mol. The molecule has 3 aliphatic heterocycles. The standard InChI is InChI=1S/C45H52O20/c1-20-7-9-44(2,10-8-23-12-21-3-5-32(48)60-26(21)14-28(23)62-41-38(54)36(52)34(50)30(16-46)64-41)25(11-20)24-13-22-4-6-33(49)61-27(22)15-29(24)63-42-39(55)37(53)35(51)31(65-42)17-58-43-40(56)45(57,18-47)19-59-43/h3-6,8,10-15,25,30-31,34-43,46-47,50-57H,7,9,16-19H2,1-2H3/b10-8+/t25-,30-,31-,34-,35-,36+,37+,38-,39-,40+,41-,42-,43-,44+,45-/m1/s1. The highest BCUT2D eigenvalue weighted by atomic mass is 16.7. The van der Waals surface area contributed by atoms with Gasteiger partial charge in [0.05, 0.1) is 26.4 Å². The highest BCUT2D eigenvalue weighted by molar-refractivity contribution is 5.83. The normalized spacial score (nSPS) is 36.6. The highest BCUT2D eigenvalue weighted by Crippen LogP contribution is 2.51. The monoisotopic (exact) mass is 912 g/mol. The van der Waals surface area contributed by atoms with E-state index in [-0.39, 0.29) is 22.7 Å². The number of ether oxygens (including phenoxy) is 6. The lowest BCUT2D eigenvalue weighted by atomic mass is 9.66. The molecule has 20 heteroatoms. The first kappa shape index (κ1) is 46.9. The number of aliphatic hydroxyl groups excluding tert-OH is 9. The van der Waals surface area contributed by atoms with E-state index in [1.54, 1.807) is 30.3 Å². The van der Waals surface area contributed by atoms with E-state index >= 15 is 0 Å². The summed E-state index contributed by atoms with van der Waals surface area (Å²) in [5.41, 5.74) is -1.81. The van der Waals surface area contributed by atoms with Crippen LogP contribution in [0.25, 0.3) is 28.0 Å². The van der Waals surface area contributed by atoms with E-state index in [9.17, 15) is 60.7 Å². The average Bonchev–Trinajstić information content (AvgIpc) is 3.58. The summed E-state index contributed by atoms with van der Waals surface area (Å²) in [6, 6.07) is 11.9. The minimum atomic E-state index is -1.99. The summed E-state index contributed by atoms with van der Waals surface area (Å²) in [5.74, 6) is -0.390. The average molecular weight is 913 g/mol. The molecule has 0 spiro atoms. The fourth-order valence-corrected chi connectivity index (χ4v) is 8.59. The minimum Gasteiger partial charge on any atom is -0.462 e. The number of hydrogen-bond acceptors (Lipinski definition) is 20. The maximum absolute atomic E-state index is 12.4. The predicted molar refractivity (Wildman–Crippen MR) is 223 cm³/mol. The molecule has 0 unspecified atom stereocenters. The molecule has 10 N–H and O–H groups in total. The van der Waals surface area contributed by atoms with Crippen LogP contribution in [-0.2, 0) is 18.9 Å². The van der Waals surface area contributed by atoms with Gasteiger partial charge in [-0.05, 0) is 49.4 Å². The zero-order valence-corrected chi connectivity index (χ0v) is 35.2. The lowest BCUT2D eigenvalue weighted by molar-refractivity contribution is -0.289. The Hall–Kier alpha value is -4.62. The maximum atomic E-state index is 12.4.